The number of ether oxygens (including phenoxy) is 1. The van der Waals surface area contributed by atoms with E-state index in [4.69, 9.17) is 4.74 Å². The van der Waals surface area contributed by atoms with Crippen LogP contribution >= 0.6 is 0 Å². The molecule has 0 aromatic carbocycles. The summed E-state index contributed by atoms with van der Waals surface area (Å²) in [5, 5.41) is 4.30. The van der Waals surface area contributed by atoms with Gasteiger partial charge in [-0.1, -0.05) is 0 Å². The molecule has 0 unspecified atom stereocenters. The van der Waals surface area contributed by atoms with Gasteiger partial charge in [-0.05, 0) is 25.8 Å². The highest BCUT2D eigenvalue weighted by molar-refractivity contribution is 5.76. The molecule has 1 amide bonds. The summed E-state index contributed by atoms with van der Waals surface area (Å²) in [5.41, 5.74) is 1.54. The van der Waals surface area contributed by atoms with Crippen molar-refractivity contribution < 1.29 is 9.53 Å². The maximum absolute atomic E-state index is 12.4. The molecule has 2 aromatic heterocycles. The zero-order valence-corrected chi connectivity index (χ0v) is 14.4. The van der Waals surface area contributed by atoms with Crippen molar-refractivity contribution in [1.82, 2.24) is 24.6 Å². The number of aromatic amines is 1. The minimum Gasteiger partial charge on any atom is -0.375 e. The Kier molecular flexibility index (Phi) is 5.60. The van der Waals surface area contributed by atoms with Crippen LogP contribution in [0.25, 0.3) is 0 Å². The van der Waals surface area contributed by atoms with Crippen LogP contribution in [0.1, 0.15) is 24.2 Å². The number of aryl methyl sites for hydroxylation is 3. The fourth-order valence-electron chi connectivity index (χ4n) is 2.93. The maximum atomic E-state index is 12.4. The van der Waals surface area contributed by atoms with Crippen molar-refractivity contribution in [3.63, 3.8) is 0 Å². The molecule has 1 aliphatic heterocycles. The van der Waals surface area contributed by atoms with E-state index in [2.05, 4.69) is 15.1 Å². The molecule has 1 N–H and O–H groups in total. The van der Waals surface area contributed by atoms with Crippen LogP contribution in [0.5, 0.6) is 0 Å². The van der Waals surface area contributed by atoms with E-state index in [1.54, 1.807) is 4.68 Å². The van der Waals surface area contributed by atoms with Gasteiger partial charge in [0.1, 0.15) is 0 Å². The van der Waals surface area contributed by atoms with Gasteiger partial charge in [0.05, 0.1) is 24.7 Å². The Morgan fingerprint density at radius 2 is 2.36 bits per heavy atom. The highest BCUT2D eigenvalue weighted by Gasteiger charge is 2.24. The Hall–Kier alpha value is -2.48. The standard InChI is InChI=1S/C17H23N5O3/c1-13-4-6-22(20-13)7-5-17(24)21-8-9-25-15(11-21)3-2-14-10-16(23)19-12-18-14/h4,6,10,12,15H,2-3,5,7-9,11H2,1H3,(H,18,19,23)/t15-/m1/s1. The van der Waals surface area contributed by atoms with Crippen molar-refractivity contribution in [2.75, 3.05) is 19.7 Å². The van der Waals surface area contributed by atoms with Gasteiger partial charge in [0.25, 0.3) is 5.56 Å². The van der Waals surface area contributed by atoms with Crippen LogP contribution in [0.4, 0.5) is 0 Å². The van der Waals surface area contributed by atoms with Crippen molar-refractivity contribution >= 4 is 5.91 Å². The van der Waals surface area contributed by atoms with Gasteiger partial charge in [0.2, 0.25) is 5.91 Å². The average Bonchev–Trinajstić information content (AvgIpc) is 3.03. The van der Waals surface area contributed by atoms with Crippen molar-refractivity contribution in [3.05, 3.63) is 46.4 Å². The summed E-state index contributed by atoms with van der Waals surface area (Å²) in [6.45, 7) is 4.27. The second-order valence-electron chi connectivity index (χ2n) is 6.24. The van der Waals surface area contributed by atoms with E-state index in [0.717, 1.165) is 17.8 Å². The molecule has 1 atom stereocenters. The first-order valence-electron chi connectivity index (χ1n) is 8.53. The number of H-pyrrole nitrogens is 1. The van der Waals surface area contributed by atoms with Gasteiger partial charge in [0.15, 0.2) is 0 Å². The predicted molar refractivity (Wildman–Crippen MR) is 91.1 cm³/mol. The van der Waals surface area contributed by atoms with Crippen molar-refractivity contribution in [2.24, 2.45) is 0 Å². The first kappa shape index (κ1) is 17.3. The van der Waals surface area contributed by atoms with Crippen LogP contribution in [-0.2, 0) is 22.5 Å². The van der Waals surface area contributed by atoms with Crippen LogP contribution < -0.4 is 5.56 Å². The minimum absolute atomic E-state index is 0.0225. The normalized spacial score (nSPS) is 17.6. The van der Waals surface area contributed by atoms with E-state index >= 15 is 0 Å². The van der Waals surface area contributed by atoms with Gasteiger partial charge < -0.3 is 14.6 Å². The molecule has 3 rings (SSSR count). The molecule has 1 fully saturated rings. The van der Waals surface area contributed by atoms with Gasteiger partial charge >= 0.3 is 0 Å². The molecule has 0 aliphatic carbocycles. The third kappa shape index (κ3) is 4.99. The lowest BCUT2D eigenvalue weighted by Gasteiger charge is -2.33. The fourth-order valence-corrected chi connectivity index (χ4v) is 2.93. The quantitative estimate of drug-likeness (QED) is 0.824. The molecule has 0 radical (unpaired) electrons. The molecule has 0 spiro atoms. The third-order valence-electron chi connectivity index (χ3n) is 4.28. The van der Waals surface area contributed by atoms with Crippen molar-refractivity contribution in [2.45, 2.75) is 38.8 Å². The van der Waals surface area contributed by atoms with Crippen molar-refractivity contribution in [1.29, 1.82) is 0 Å². The van der Waals surface area contributed by atoms with Crippen LogP contribution in [0.2, 0.25) is 0 Å². The summed E-state index contributed by atoms with van der Waals surface area (Å²) in [6.07, 6.45) is 5.10. The molecule has 1 aliphatic rings. The number of amides is 1. The lowest BCUT2D eigenvalue weighted by molar-refractivity contribution is -0.139. The molecule has 3 heterocycles. The molecule has 8 heteroatoms. The van der Waals surface area contributed by atoms with E-state index in [1.165, 1.54) is 12.4 Å². The highest BCUT2D eigenvalue weighted by atomic mass is 16.5. The van der Waals surface area contributed by atoms with E-state index in [0.29, 0.717) is 39.1 Å². The number of nitrogens with zero attached hydrogens (tertiary/aromatic N) is 4. The Bertz CT molecular complexity index is 769. The Morgan fingerprint density at radius 3 is 3.12 bits per heavy atom. The highest BCUT2D eigenvalue weighted by Crippen LogP contribution is 2.12. The third-order valence-corrected chi connectivity index (χ3v) is 4.28. The second kappa shape index (κ2) is 8.06. The maximum Gasteiger partial charge on any atom is 0.250 e. The van der Waals surface area contributed by atoms with Crippen molar-refractivity contribution in [3.8, 4) is 0 Å². The molecular formula is C17H23N5O3. The average molecular weight is 345 g/mol. The largest absolute Gasteiger partial charge is 0.375 e. The van der Waals surface area contributed by atoms with Gasteiger partial charge in [0, 0.05) is 44.0 Å². The molecule has 0 bridgehead atoms. The van der Waals surface area contributed by atoms with Crippen LogP contribution in [0.15, 0.2) is 29.5 Å². The van der Waals surface area contributed by atoms with Gasteiger partial charge in [-0.15, -0.1) is 0 Å². The monoisotopic (exact) mass is 345 g/mol. The number of carbonyl (C=O) groups excluding carboxylic acids is 1. The summed E-state index contributed by atoms with van der Waals surface area (Å²) in [4.78, 5) is 32.2. The Balaban J connectivity index is 1.46. The number of nitrogens with one attached hydrogen (secondary N) is 1. The summed E-state index contributed by atoms with van der Waals surface area (Å²) in [7, 11) is 0. The summed E-state index contributed by atoms with van der Waals surface area (Å²) in [6, 6.07) is 3.43. The van der Waals surface area contributed by atoms with Crippen LogP contribution in [0.3, 0.4) is 0 Å². The minimum atomic E-state index is -0.153. The zero-order chi connectivity index (χ0) is 17.6. The lowest BCUT2D eigenvalue weighted by Crippen LogP contribution is -2.46. The smallest absolute Gasteiger partial charge is 0.250 e. The molecule has 1 saturated heterocycles. The fraction of sp³-hybridized carbons (Fsp3) is 0.529. The number of hydrogen-bond acceptors (Lipinski definition) is 5. The summed E-state index contributed by atoms with van der Waals surface area (Å²) < 4.78 is 7.55. The topological polar surface area (TPSA) is 93.1 Å². The van der Waals surface area contributed by atoms with Crippen LogP contribution in [0, 0.1) is 6.92 Å². The number of morpholine rings is 1. The van der Waals surface area contributed by atoms with E-state index in [-0.39, 0.29) is 17.6 Å². The Morgan fingerprint density at radius 1 is 1.48 bits per heavy atom. The molecule has 134 valence electrons. The van der Waals surface area contributed by atoms with Crippen LogP contribution in [-0.4, -0.2) is 56.4 Å². The SMILES string of the molecule is Cc1ccn(CCC(=O)N2CCO[C@H](CCc3cc(=O)[nH]cn3)C2)n1. The van der Waals surface area contributed by atoms with Gasteiger partial charge in [-0.25, -0.2) is 4.98 Å². The lowest BCUT2D eigenvalue weighted by atomic mass is 10.1. The molecule has 8 nitrogen and oxygen atoms in total. The molecule has 0 saturated carbocycles. The molecule has 2 aromatic rings. The first-order chi connectivity index (χ1) is 12.1. The van der Waals surface area contributed by atoms with E-state index in [9.17, 15) is 9.59 Å². The number of hydrogen-bond donors (Lipinski definition) is 1. The predicted octanol–water partition coefficient (Wildman–Crippen LogP) is 0.525. The number of rotatable bonds is 6. The van der Waals surface area contributed by atoms with E-state index < -0.39 is 0 Å². The number of carbonyl (C=O) groups is 1. The summed E-state index contributed by atoms with van der Waals surface area (Å²) >= 11 is 0. The molecular weight excluding hydrogens is 322 g/mol. The van der Waals surface area contributed by atoms with E-state index in [1.807, 2.05) is 24.1 Å². The Labute approximate surface area is 145 Å². The number of aromatic nitrogens is 4. The second-order valence-corrected chi connectivity index (χ2v) is 6.24. The first-order valence-corrected chi connectivity index (χ1v) is 8.53. The molecule has 25 heavy (non-hydrogen) atoms. The summed E-state index contributed by atoms with van der Waals surface area (Å²) in [5.74, 6) is 0.121. The zero-order valence-electron chi connectivity index (χ0n) is 14.4. The van der Waals surface area contributed by atoms with Gasteiger partial charge in [-0.2, -0.15) is 5.10 Å². The van der Waals surface area contributed by atoms with Gasteiger partial charge in [-0.3, -0.25) is 14.3 Å².